The summed E-state index contributed by atoms with van der Waals surface area (Å²) >= 11 is 0. The molecule has 14 heavy (non-hydrogen) atoms. The van der Waals surface area contributed by atoms with Gasteiger partial charge in [-0.05, 0) is 12.0 Å². The molecule has 0 aliphatic rings. The molecule has 0 saturated carbocycles. The van der Waals surface area contributed by atoms with Gasteiger partial charge >= 0.3 is 0 Å². The molecule has 2 heteroatoms. The van der Waals surface area contributed by atoms with Gasteiger partial charge in [0.2, 0.25) is 0 Å². The van der Waals surface area contributed by atoms with Crippen LogP contribution >= 0.6 is 0 Å². The van der Waals surface area contributed by atoms with Crippen LogP contribution in [0.25, 0.3) is 0 Å². The van der Waals surface area contributed by atoms with Crippen molar-refractivity contribution < 1.29 is 4.79 Å². The van der Waals surface area contributed by atoms with E-state index in [-0.39, 0.29) is 0 Å². The number of hydrogen-bond donors (Lipinski definition) is 0. The maximum atomic E-state index is 10.8. The van der Waals surface area contributed by atoms with E-state index in [9.17, 15) is 4.79 Å². The van der Waals surface area contributed by atoms with Gasteiger partial charge in [0.1, 0.15) is 6.29 Å². The lowest BCUT2D eigenvalue weighted by atomic mass is 10.1. The molecule has 1 radical (unpaired) electrons. The molecular formula is C12H15OSi. The van der Waals surface area contributed by atoms with E-state index in [1.807, 2.05) is 18.2 Å². The summed E-state index contributed by atoms with van der Waals surface area (Å²) in [7, 11) is -0.560. The van der Waals surface area contributed by atoms with Gasteiger partial charge in [-0.2, -0.15) is 0 Å². The SMILES string of the molecule is C=CCc1ccc(C=O)c([Si](C)C)c1. The Bertz CT molecular complexity index is 342. The van der Waals surface area contributed by atoms with Gasteiger partial charge in [0.15, 0.2) is 0 Å². The molecule has 0 fully saturated rings. The Labute approximate surface area is 87.1 Å². The molecule has 0 aliphatic heterocycles. The second-order valence-electron chi connectivity index (χ2n) is 3.53. The fourth-order valence-electron chi connectivity index (χ4n) is 1.43. The van der Waals surface area contributed by atoms with Gasteiger partial charge in [-0.1, -0.05) is 42.6 Å². The highest BCUT2D eigenvalue weighted by Crippen LogP contribution is 2.03. The van der Waals surface area contributed by atoms with Crippen molar-refractivity contribution in [3.8, 4) is 0 Å². The highest BCUT2D eigenvalue weighted by molar-refractivity contribution is 6.71. The molecule has 0 aromatic heterocycles. The second-order valence-corrected chi connectivity index (χ2v) is 6.07. The molecule has 0 unspecified atom stereocenters. The second kappa shape index (κ2) is 4.91. The Morgan fingerprint density at radius 1 is 1.43 bits per heavy atom. The lowest BCUT2D eigenvalue weighted by molar-refractivity contribution is 0.112. The minimum Gasteiger partial charge on any atom is -0.298 e. The lowest BCUT2D eigenvalue weighted by Crippen LogP contribution is -2.27. The zero-order chi connectivity index (χ0) is 10.6. The monoisotopic (exact) mass is 203 g/mol. The third-order valence-electron chi connectivity index (χ3n) is 2.16. The van der Waals surface area contributed by atoms with Crippen molar-refractivity contribution in [2.75, 3.05) is 0 Å². The third kappa shape index (κ3) is 2.42. The number of benzene rings is 1. The fourth-order valence-corrected chi connectivity index (χ4v) is 2.63. The van der Waals surface area contributed by atoms with E-state index in [4.69, 9.17) is 0 Å². The first-order valence-corrected chi connectivity index (χ1v) is 7.18. The molecule has 0 saturated heterocycles. The molecule has 0 aliphatic carbocycles. The number of rotatable bonds is 4. The largest absolute Gasteiger partial charge is 0.298 e. The van der Waals surface area contributed by atoms with E-state index >= 15 is 0 Å². The minimum absolute atomic E-state index is 0.560. The van der Waals surface area contributed by atoms with Crippen molar-refractivity contribution in [1.29, 1.82) is 0 Å². The quantitative estimate of drug-likeness (QED) is 0.416. The molecule has 1 aromatic rings. The fraction of sp³-hybridized carbons (Fsp3) is 0.250. The van der Waals surface area contributed by atoms with Crippen LogP contribution in [-0.4, -0.2) is 15.1 Å². The summed E-state index contributed by atoms with van der Waals surface area (Å²) in [6.45, 7) is 8.11. The average molecular weight is 203 g/mol. The Hall–Kier alpha value is -1.15. The van der Waals surface area contributed by atoms with E-state index in [1.165, 1.54) is 10.8 Å². The summed E-state index contributed by atoms with van der Waals surface area (Å²) in [5.74, 6) is 0. The topological polar surface area (TPSA) is 17.1 Å². The zero-order valence-corrected chi connectivity index (χ0v) is 9.71. The van der Waals surface area contributed by atoms with Crippen molar-refractivity contribution in [2.24, 2.45) is 0 Å². The maximum Gasteiger partial charge on any atom is 0.149 e. The summed E-state index contributed by atoms with van der Waals surface area (Å²) in [4.78, 5) is 10.8. The van der Waals surface area contributed by atoms with Crippen molar-refractivity contribution in [3.63, 3.8) is 0 Å². The summed E-state index contributed by atoms with van der Waals surface area (Å²) in [6, 6.07) is 6.05. The first-order chi connectivity index (χ1) is 6.69. The van der Waals surface area contributed by atoms with Gasteiger partial charge < -0.3 is 0 Å². The van der Waals surface area contributed by atoms with Crippen LogP contribution in [0.1, 0.15) is 15.9 Å². The van der Waals surface area contributed by atoms with E-state index in [0.717, 1.165) is 18.3 Å². The number of carbonyl (C=O) groups is 1. The predicted molar refractivity (Wildman–Crippen MR) is 62.8 cm³/mol. The van der Waals surface area contributed by atoms with Crippen molar-refractivity contribution >= 4 is 20.3 Å². The Balaban J connectivity index is 3.13. The summed E-state index contributed by atoms with van der Waals surface area (Å²) < 4.78 is 0. The number of hydrogen-bond acceptors (Lipinski definition) is 1. The molecular weight excluding hydrogens is 188 g/mol. The lowest BCUT2D eigenvalue weighted by Gasteiger charge is -2.09. The van der Waals surface area contributed by atoms with E-state index < -0.39 is 8.80 Å². The van der Waals surface area contributed by atoms with Crippen molar-refractivity contribution in [1.82, 2.24) is 0 Å². The molecule has 1 aromatic carbocycles. The molecule has 1 nitrogen and oxygen atoms in total. The van der Waals surface area contributed by atoms with Crippen LogP contribution in [0, 0.1) is 0 Å². The van der Waals surface area contributed by atoms with Crippen LogP contribution in [0.3, 0.4) is 0 Å². The average Bonchev–Trinajstić information content (AvgIpc) is 2.18. The third-order valence-corrected chi connectivity index (χ3v) is 3.67. The molecule has 0 spiro atoms. The first-order valence-electron chi connectivity index (χ1n) is 4.68. The van der Waals surface area contributed by atoms with Crippen LogP contribution in [0.4, 0.5) is 0 Å². The normalized spacial score (nSPS) is 10.2. The van der Waals surface area contributed by atoms with Gasteiger partial charge in [-0.3, -0.25) is 4.79 Å². The standard InChI is InChI=1S/C12H15OSi/c1-4-5-10-6-7-11(9-13)12(8-10)14(2)3/h4,6-9H,1,5H2,2-3H3. The number of allylic oxidation sites excluding steroid dienone is 1. The molecule has 0 N–H and O–H groups in total. The minimum atomic E-state index is -0.560. The summed E-state index contributed by atoms with van der Waals surface area (Å²) in [6.07, 6.45) is 3.71. The summed E-state index contributed by atoms with van der Waals surface area (Å²) in [5, 5.41) is 1.23. The Morgan fingerprint density at radius 3 is 2.64 bits per heavy atom. The van der Waals surface area contributed by atoms with Gasteiger partial charge in [0.25, 0.3) is 0 Å². The Morgan fingerprint density at radius 2 is 2.14 bits per heavy atom. The predicted octanol–water partition coefficient (Wildman–Crippen LogP) is 2.19. The molecule has 0 atom stereocenters. The molecule has 0 amide bonds. The smallest absolute Gasteiger partial charge is 0.149 e. The van der Waals surface area contributed by atoms with Gasteiger partial charge in [-0.25, -0.2) is 0 Å². The van der Waals surface area contributed by atoms with E-state index in [1.54, 1.807) is 0 Å². The van der Waals surface area contributed by atoms with Crippen LogP contribution in [0.5, 0.6) is 0 Å². The van der Waals surface area contributed by atoms with Crippen molar-refractivity contribution in [2.45, 2.75) is 19.5 Å². The number of aldehydes is 1. The summed E-state index contributed by atoms with van der Waals surface area (Å²) in [5.41, 5.74) is 2.09. The first kappa shape index (κ1) is 10.9. The van der Waals surface area contributed by atoms with Crippen LogP contribution in [-0.2, 0) is 6.42 Å². The van der Waals surface area contributed by atoms with E-state index in [0.29, 0.717) is 0 Å². The molecule has 0 heterocycles. The van der Waals surface area contributed by atoms with Crippen LogP contribution in [0.15, 0.2) is 30.9 Å². The van der Waals surface area contributed by atoms with E-state index in [2.05, 4.69) is 25.7 Å². The van der Waals surface area contributed by atoms with Crippen LogP contribution < -0.4 is 5.19 Å². The van der Waals surface area contributed by atoms with Gasteiger partial charge in [0.05, 0.1) is 8.80 Å². The molecule has 0 bridgehead atoms. The highest BCUT2D eigenvalue weighted by atomic mass is 28.3. The van der Waals surface area contributed by atoms with Crippen molar-refractivity contribution in [3.05, 3.63) is 42.0 Å². The van der Waals surface area contributed by atoms with Gasteiger partial charge in [0, 0.05) is 5.56 Å². The maximum absolute atomic E-state index is 10.8. The molecule has 1 rings (SSSR count). The molecule has 73 valence electrons. The number of carbonyl (C=O) groups excluding carboxylic acids is 1. The Kier molecular flexibility index (Phi) is 3.83. The van der Waals surface area contributed by atoms with Crippen LogP contribution in [0.2, 0.25) is 13.1 Å². The zero-order valence-electron chi connectivity index (χ0n) is 8.71. The highest BCUT2D eigenvalue weighted by Gasteiger charge is 2.07. The van der Waals surface area contributed by atoms with Gasteiger partial charge in [-0.15, -0.1) is 6.58 Å².